The molecule has 0 aromatic carbocycles. The summed E-state index contributed by atoms with van der Waals surface area (Å²) in [6.45, 7) is 3.93. The number of hydrogen-bond acceptors (Lipinski definition) is 5. The Morgan fingerprint density at radius 2 is 2.06 bits per heavy atom. The molecule has 0 unspecified atom stereocenters. The van der Waals surface area contributed by atoms with Crippen molar-refractivity contribution in [2.75, 3.05) is 32.1 Å². The highest BCUT2D eigenvalue weighted by molar-refractivity contribution is 5.93. The summed E-state index contributed by atoms with van der Waals surface area (Å²) in [5, 5.41) is 5.80. The fourth-order valence-corrected chi connectivity index (χ4v) is 1.28. The third-order valence-electron chi connectivity index (χ3n) is 2.32. The number of nitrogens with one attached hydrogen (secondary N) is 2. The molecule has 1 heterocycles. The molecule has 0 aliphatic carbocycles. The minimum atomic E-state index is -0.188. The van der Waals surface area contributed by atoms with Crippen LogP contribution in [0.25, 0.3) is 0 Å². The summed E-state index contributed by atoms with van der Waals surface area (Å²) in [4.78, 5) is 19.8. The van der Waals surface area contributed by atoms with Crippen LogP contribution in [-0.2, 0) is 4.74 Å². The second-order valence-electron chi connectivity index (χ2n) is 3.82. The SMILES string of the molecule is CCCCNc1ncc(C(=O)NCCOC)cn1. The molecule has 0 spiro atoms. The largest absolute Gasteiger partial charge is 0.383 e. The van der Waals surface area contributed by atoms with Gasteiger partial charge in [-0.2, -0.15) is 0 Å². The van der Waals surface area contributed by atoms with Crippen molar-refractivity contribution in [3.8, 4) is 0 Å². The van der Waals surface area contributed by atoms with Crippen LogP contribution in [0.3, 0.4) is 0 Å². The Labute approximate surface area is 107 Å². The predicted molar refractivity (Wildman–Crippen MR) is 69.6 cm³/mol. The van der Waals surface area contributed by atoms with Crippen LogP contribution in [0.4, 0.5) is 5.95 Å². The fraction of sp³-hybridized carbons (Fsp3) is 0.583. The minimum absolute atomic E-state index is 0.188. The Hall–Kier alpha value is -1.69. The average molecular weight is 252 g/mol. The summed E-state index contributed by atoms with van der Waals surface area (Å²) in [6, 6.07) is 0. The highest BCUT2D eigenvalue weighted by Gasteiger charge is 2.05. The Balaban J connectivity index is 2.41. The quantitative estimate of drug-likeness (QED) is 0.677. The van der Waals surface area contributed by atoms with Gasteiger partial charge in [-0.25, -0.2) is 9.97 Å². The average Bonchev–Trinajstić information content (AvgIpc) is 2.40. The Morgan fingerprint density at radius 3 is 2.67 bits per heavy atom. The first kappa shape index (κ1) is 14.4. The van der Waals surface area contributed by atoms with Crippen LogP contribution in [-0.4, -0.2) is 42.7 Å². The lowest BCUT2D eigenvalue weighted by molar-refractivity contribution is 0.0936. The number of ether oxygens (including phenoxy) is 1. The zero-order valence-electron chi connectivity index (χ0n) is 10.9. The van der Waals surface area contributed by atoms with E-state index in [0.717, 1.165) is 19.4 Å². The van der Waals surface area contributed by atoms with E-state index in [4.69, 9.17) is 4.74 Å². The third-order valence-corrected chi connectivity index (χ3v) is 2.32. The van der Waals surface area contributed by atoms with E-state index in [2.05, 4.69) is 27.5 Å². The molecule has 2 N–H and O–H groups in total. The van der Waals surface area contributed by atoms with Gasteiger partial charge in [0.15, 0.2) is 0 Å². The second kappa shape index (κ2) is 8.41. The molecule has 1 amide bonds. The number of unbranched alkanes of at least 4 members (excludes halogenated alkanes) is 1. The molecule has 1 aromatic rings. The molecule has 1 rings (SSSR count). The maximum atomic E-state index is 11.6. The van der Waals surface area contributed by atoms with Gasteiger partial charge < -0.3 is 15.4 Å². The van der Waals surface area contributed by atoms with E-state index in [-0.39, 0.29) is 5.91 Å². The van der Waals surface area contributed by atoms with Crippen LogP contribution in [0, 0.1) is 0 Å². The molecule has 0 atom stereocenters. The summed E-state index contributed by atoms with van der Waals surface area (Å²) in [5.74, 6) is 0.365. The van der Waals surface area contributed by atoms with Crippen molar-refractivity contribution in [1.29, 1.82) is 0 Å². The number of amides is 1. The van der Waals surface area contributed by atoms with Gasteiger partial charge in [-0.05, 0) is 6.42 Å². The second-order valence-corrected chi connectivity index (χ2v) is 3.82. The van der Waals surface area contributed by atoms with Crippen LogP contribution in [0.5, 0.6) is 0 Å². The van der Waals surface area contributed by atoms with Crippen molar-refractivity contribution in [2.24, 2.45) is 0 Å². The molecule has 100 valence electrons. The number of rotatable bonds is 8. The maximum absolute atomic E-state index is 11.6. The highest BCUT2D eigenvalue weighted by atomic mass is 16.5. The normalized spacial score (nSPS) is 10.1. The van der Waals surface area contributed by atoms with Crippen LogP contribution < -0.4 is 10.6 Å². The molecular weight excluding hydrogens is 232 g/mol. The summed E-state index contributed by atoms with van der Waals surface area (Å²) in [7, 11) is 1.59. The summed E-state index contributed by atoms with van der Waals surface area (Å²) >= 11 is 0. The molecule has 0 aliphatic rings. The Kier molecular flexibility index (Phi) is 6.71. The van der Waals surface area contributed by atoms with Gasteiger partial charge in [0.2, 0.25) is 5.95 Å². The molecule has 0 aliphatic heterocycles. The number of carbonyl (C=O) groups excluding carboxylic acids is 1. The van der Waals surface area contributed by atoms with Crippen LogP contribution in [0.1, 0.15) is 30.1 Å². The first-order chi connectivity index (χ1) is 8.77. The van der Waals surface area contributed by atoms with E-state index in [9.17, 15) is 4.79 Å². The Bertz CT molecular complexity index is 354. The predicted octanol–water partition coefficient (Wildman–Crippen LogP) is 1.06. The van der Waals surface area contributed by atoms with Gasteiger partial charge >= 0.3 is 0 Å². The van der Waals surface area contributed by atoms with Crippen molar-refractivity contribution >= 4 is 11.9 Å². The lowest BCUT2D eigenvalue weighted by Crippen LogP contribution is -2.27. The van der Waals surface area contributed by atoms with E-state index < -0.39 is 0 Å². The monoisotopic (exact) mass is 252 g/mol. The number of nitrogens with zero attached hydrogens (tertiary/aromatic N) is 2. The maximum Gasteiger partial charge on any atom is 0.254 e. The molecule has 0 bridgehead atoms. The molecule has 0 fully saturated rings. The van der Waals surface area contributed by atoms with Gasteiger partial charge in [0.25, 0.3) is 5.91 Å². The number of aromatic nitrogens is 2. The fourth-order valence-electron chi connectivity index (χ4n) is 1.28. The summed E-state index contributed by atoms with van der Waals surface area (Å²) in [6.07, 6.45) is 5.22. The zero-order valence-corrected chi connectivity index (χ0v) is 10.9. The van der Waals surface area contributed by atoms with Gasteiger partial charge in [0, 0.05) is 32.6 Å². The van der Waals surface area contributed by atoms with Gasteiger partial charge in [-0.1, -0.05) is 13.3 Å². The van der Waals surface area contributed by atoms with E-state index in [1.54, 1.807) is 7.11 Å². The van der Waals surface area contributed by atoms with Gasteiger partial charge in [-0.3, -0.25) is 4.79 Å². The van der Waals surface area contributed by atoms with E-state index >= 15 is 0 Å². The van der Waals surface area contributed by atoms with E-state index in [0.29, 0.717) is 24.7 Å². The van der Waals surface area contributed by atoms with Crippen molar-refractivity contribution in [2.45, 2.75) is 19.8 Å². The molecule has 18 heavy (non-hydrogen) atoms. The van der Waals surface area contributed by atoms with Gasteiger partial charge in [-0.15, -0.1) is 0 Å². The smallest absolute Gasteiger partial charge is 0.254 e. The minimum Gasteiger partial charge on any atom is -0.383 e. The molecule has 0 saturated heterocycles. The Morgan fingerprint density at radius 1 is 1.33 bits per heavy atom. The number of carbonyl (C=O) groups is 1. The van der Waals surface area contributed by atoms with Crippen LogP contribution in [0.15, 0.2) is 12.4 Å². The molecule has 6 heteroatoms. The van der Waals surface area contributed by atoms with Gasteiger partial charge in [0.1, 0.15) is 0 Å². The van der Waals surface area contributed by atoms with Crippen molar-refractivity contribution in [1.82, 2.24) is 15.3 Å². The molecule has 0 radical (unpaired) electrons. The van der Waals surface area contributed by atoms with E-state index in [1.165, 1.54) is 12.4 Å². The lowest BCUT2D eigenvalue weighted by Gasteiger charge is -2.05. The number of anilines is 1. The van der Waals surface area contributed by atoms with E-state index in [1.807, 2.05) is 0 Å². The molecule has 6 nitrogen and oxygen atoms in total. The number of hydrogen-bond donors (Lipinski definition) is 2. The third kappa shape index (κ3) is 5.09. The molecule has 0 saturated carbocycles. The summed E-state index contributed by atoms with van der Waals surface area (Å²) in [5.41, 5.74) is 0.451. The van der Waals surface area contributed by atoms with Crippen LogP contribution >= 0.6 is 0 Å². The lowest BCUT2D eigenvalue weighted by atomic mass is 10.3. The van der Waals surface area contributed by atoms with Gasteiger partial charge in [0.05, 0.1) is 12.2 Å². The molecular formula is C12H20N4O2. The van der Waals surface area contributed by atoms with Crippen molar-refractivity contribution in [3.63, 3.8) is 0 Å². The van der Waals surface area contributed by atoms with Crippen LogP contribution in [0.2, 0.25) is 0 Å². The van der Waals surface area contributed by atoms with Crippen molar-refractivity contribution < 1.29 is 9.53 Å². The first-order valence-electron chi connectivity index (χ1n) is 6.11. The highest BCUT2D eigenvalue weighted by Crippen LogP contribution is 2.00. The topological polar surface area (TPSA) is 76.1 Å². The number of methoxy groups -OCH3 is 1. The van der Waals surface area contributed by atoms with Crippen molar-refractivity contribution in [3.05, 3.63) is 18.0 Å². The standard InChI is InChI=1S/C12H20N4O2/c1-3-4-5-14-12-15-8-10(9-16-12)11(17)13-6-7-18-2/h8-9H,3-7H2,1-2H3,(H,13,17)(H,14,15,16). The molecule has 1 aromatic heterocycles. The first-order valence-corrected chi connectivity index (χ1v) is 6.11. The zero-order chi connectivity index (χ0) is 13.2. The summed E-state index contributed by atoms with van der Waals surface area (Å²) < 4.78 is 4.85.